The predicted molar refractivity (Wildman–Crippen MR) is 105 cm³/mol. The fourth-order valence-corrected chi connectivity index (χ4v) is 3.68. The Labute approximate surface area is 164 Å². The minimum absolute atomic E-state index is 0.0185. The van der Waals surface area contributed by atoms with E-state index >= 15 is 0 Å². The number of ether oxygens (including phenoxy) is 1. The Balaban J connectivity index is 1.85. The van der Waals surface area contributed by atoms with Gasteiger partial charge in [0.05, 0.1) is 32.9 Å². The maximum Gasteiger partial charge on any atom is 0.341 e. The summed E-state index contributed by atoms with van der Waals surface area (Å²) in [6, 6.07) is 15.7. The first-order valence-electron chi connectivity index (χ1n) is 8.94. The van der Waals surface area contributed by atoms with Crippen LogP contribution in [0.1, 0.15) is 21.7 Å². The summed E-state index contributed by atoms with van der Waals surface area (Å²) in [5.74, 6) is -0.449. The van der Waals surface area contributed by atoms with Crippen LogP contribution in [0, 0.1) is 17.0 Å². The number of aromatic nitrogens is 3. The van der Waals surface area contributed by atoms with Gasteiger partial charge in [0, 0.05) is 17.7 Å². The predicted octanol–water partition coefficient (Wildman–Crippen LogP) is 3.97. The van der Waals surface area contributed by atoms with Gasteiger partial charge in [-0.15, -0.1) is 0 Å². The lowest BCUT2D eigenvalue weighted by Crippen LogP contribution is -2.02. The third kappa shape index (κ3) is 2.57. The number of rotatable bonds is 3. The first kappa shape index (κ1) is 17.1. The van der Waals surface area contributed by atoms with Crippen molar-refractivity contribution in [2.24, 2.45) is 0 Å². The number of para-hydroxylation sites is 1. The third-order valence-electron chi connectivity index (χ3n) is 4.98. The molecule has 0 spiro atoms. The topological polar surface area (TPSA) is 100 Å². The molecule has 0 aliphatic carbocycles. The largest absolute Gasteiger partial charge is 0.455 e. The summed E-state index contributed by atoms with van der Waals surface area (Å²) >= 11 is 0. The summed E-state index contributed by atoms with van der Waals surface area (Å²) < 4.78 is 6.97. The van der Waals surface area contributed by atoms with Crippen molar-refractivity contribution in [1.82, 2.24) is 14.8 Å². The van der Waals surface area contributed by atoms with Crippen LogP contribution in [-0.2, 0) is 11.3 Å². The molecule has 0 amide bonds. The van der Waals surface area contributed by atoms with E-state index in [0.717, 1.165) is 11.1 Å². The number of cyclic esters (lactones) is 1. The molecule has 3 heterocycles. The Hall–Kier alpha value is -4.07. The number of carbonyl (C=O) groups is 1. The molecule has 0 N–H and O–H groups in total. The molecule has 1 aliphatic heterocycles. The fourth-order valence-electron chi connectivity index (χ4n) is 3.68. The lowest BCUT2D eigenvalue weighted by molar-refractivity contribution is -0.384. The Morgan fingerprint density at radius 3 is 2.48 bits per heavy atom. The molecule has 0 saturated carbocycles. The molecular weight excluding hydrogens is 372 g/mol. The van der Waals surface area contributed by atoms with E-state index in [1.54, 1.807) is 16.8 Å². The SMILES string of the molecule is Cc1nn(-c2ccccc2)c2nc3c(c(-c4ccc([N+](=O)[O-])cc4)c12)C(=O)OC3. The number of fused-ring (bicyclic) bond motifs is 2. The second-order valence-corrected chi connectivity index (χ2v) is 6.72. The summed E-state index contributed by atoms with van der Waals surface area (Å²) in [5.41, 5.74) is 4.38. The Kier molecular flexibility index (Phi) is 3.67. The lowest BCUT2D eigenvalue weighted by atomic mass is 9.95. The van der Waals surface area contributed by atoms with Crippen molar-refractivity contribution < 1.29 is 14.5 Å². The minimum atomic E-state index is -0.455. The molecular formula is C21H14N4O4. The van der Waals surface area contributed by atoms with Gasteiger partial charge in [-0.1, -0.05) is 18.2 Å². The van der Waals surface area contributed by atoms with Crippen LogP contribution >= 0.6 is 0 Å². The second-order valence-electron chi connectivity index (χ2n) is 6.72. The van der Waals surface area contributed by atoms with Crippen molar-refractivity contribution >= 4 is 22.7 Å². The molecule has 4 aromatic rings. The molecule has 29 heavy (non-hydrogen) atoms. The number of hydrogen-bond donors (Lipinski definition) is 0. The zero-order chi connectivity index (χ0) is 20.1. The first-order chi connectivity index (χ1) is 14.0. The molecule has 0 saturated heterocycles. The monoisotopic (exact) mass is 386 g/mol. The van der Waals surface area contributed by atoms with Crippen molar-refractivity contribution in [3.8, 4) is 16.8 Å². The average Bonchev–Trinajstić information content (AvgIpc) is 3.27. The molecule has 0 unspecified atom stereocenters. The van der Waals surface area contributed by atoms with Gasteiger partial charge in [0.1, 0.15) is 6.61 Å². The van der Waals surface area contributed by atoms with Gasteiger partial charge >= 0.3 is 5.97 Å². The maximum atomic E-state index is 12.5. The van der Waals surface area contributed by atoms with Gasteiger partial charge in [0.25, 0.3) is 5.69 Å². The van der Waals surface area contributed by atoms with Crippen molar-refractivity contribution in [1.29, 1.82) is 0 Å². The van der Waals surface area contributed by atoms with Crippen molar-refractivity contribution in [2.75, 3.05) is 0 Å². The van der Waals surface area contributed by atoms with Crippen molar-refractivity contribution in [2.45, 2.75) is 13.5 Å². The van der Waals surface area contributed by atoms with Crippen LogP contribution in [-0.4, -0.2) is 25.7 Å². The zero-order valence-electron chi connectivity index (χ0n) is 15.3. The number of hydrogen-bond acceptors (Lipinski definition) is 6. The molecule has 142 valence electrons. The number of nitro groups is 1. The molecule has 0 radical (unpaired) electrons. The fraction of sp³-hybridized carbons (Fsp3) is 0.0952. The highest BCUT2D eigenvalue weighted by Gasteiger charge is 2.31. The number of aryl methyl sites for hydroxylation is 1. The molecule has 8 nitrogen and oxygen atoms in total. The van der Waals surface area contributed by atoms with E-state index in [0.29, 0.717) is 33.7 Å². The first-order valence-corrected chi connectivity index (χ1v) is 8.94. The van der Waals surface area contributed by atoms with Gasteiger partial charge in [-0.05, 0) is 36.8 Å². The van der Waals surface area contributed by atoms with E-state index in [1.807, 2.05) is 37.3 Å². The lowest BCUT2D eigenvalue weighted by Gasteiger charge is -2.09. The Bertz CT molecular complexity index is 1290. The normalized spacial score (nSPS) is 12.8. The van der Waals surface area contributed by atoms with Crippen LogP contribution < -0.4 is 0 Å². The molecule has 0 bridgehead atoms. The summed E-state index contributed by atoms with van der Waals surface area (Å²) in [7, 11) is 0. The van der Waals surface area contributed by atoms with E-state index in [1.165, 1.54) is 12.1 Å². The van der Waals surface area contributed by atoms with Crippen LogP contribution in [0.15, 0.2) is 54.6 Å². The molecule has 2 aromatic carbocycles. The van der Waals surface area contributed by atoms with Crippen LogP contribution in [0.3, 0.4) is 0 Å². The van der Waals surface area contributed by atoms with Crippen molar-refractivity contribution in [3.63, 3.8) is 0 Å². The molecule has 2 aromatic heterocycles. The Morgan fingerprint density at radius 2 is 1.79 bits per heavy atom. The van der Waals surface area contributed by atoms with E-state index in [2.05, 4.69) is 10.1 Å². The highest BCUT2D eigenvalue weighted by Crippen LogP contribution is 2.39. The smallest absolute Gasteiger partial charge is 0.341 e. The molecule has 1 aliphatic rings. The van der Waals surface area contributed by atoms with E-state index in [4.69, 9.17) is 4.74 Å². The van der Waals surface area contributed by atoms with Crippen molar-refractivity contribution in [3.05, 3.63) is 81.7 Å². The zero-order valence-corrected chi connectivity index (χ0v) is 15.3. The van der Waals surface area contributed by atoms with Crippen LogP contribution in [0.4, 0.5) is 5.69 Å². The molecule has 0 atom stereocenters. The molecule has 8 heteroatoms. The van der Waals surface area contributed by atoms with E-state index in [-0.39, 0.29) is 12.3 Å². The van der Waals surface area contributed by atoms with Crippen LogP contribution in [0.5, 0.6) is 0 Å². The van der Waals surface area contributed by atoms with Gasteiger partial charge < -0.3 is 4.74 Å². The number of pyridine rings is 1. The van der Waals surface area contributed by atoms with Gasteiger partial charge in [0.15, 0.2) is 5.65 Å². The van der Waals surface area contributed by atoms with E-state index < -0.39 is 10.9 Å². The van der Waals surface area contributed by atoms with Gasteiger partial charge in [-0.3, -0.25) is 10.1 Å². The highest BCUT2D eigenvalue weighted by atomic mass is 16.6. The number of benzene rings is 2. The van der Waals surface area contributed by atoms with Crippen LogP contribution in [0.25, 0.3) is 27.8 Å². The second kappa shape index (κ2) is 6.23. The van der Waals surface area contributed by atoms with Gasteiger partial charge in [0.2, 0.25) is 0 Å². The number of nitrogens with zero attached hydrogens (tertiary/aromatic N) is 4. The minimum Gasteiger partial charge on any atom is -0.455 e. The summed E-state index contributed by atoms with van der Waals surface area (Å²) in [4.78, 5) is 27.7. The van der Waals surface area contributed by atoms with E-state index in [9.17, 15) is 14.9 Å². The number of nitro benzene ring substituents is 1. The average molecular weight is 386 g/mol. The highest BCUT2D eigenvalue weighted by molar-refractivity contribution is 6.09. The number of carbonyl (C=O) groups excluding carboxylic acids is 1. The van der Waals surface area contributed by atoms with Gasteiger partial charge in [-0.2, -0.15) is 5.10 Å². The quantitative estimate of drug-likeness (QED) is 0.300. The van der Waals surface area contributed by atoms with Crippen LogP contribution in [0.2, 0.25) is 0 Å². The summed E-state index contributed by atoms with van der Waals surface area (Å²) in [6.07, 6.45) is 0. The van der Waals surface area contributed by atoms with Gasteiger partial charge in [-0.25, -0.2) is 14.5 Å². The maximum absolute atomic E-state index is 12.5. The Morgan fingerprint density at radius 1 is 1.07 bits per heavy atom. The third-order valence-corrected chi connectivity index (χ3v) is 4.98. The number of non-ortho nitro benzene ring substituents is 1. The molecule has 5 rings (SSSR count). The number of esters is 1. The summed E-state index contributed by atoms with van der Waals surface area (Å²) in [5, 5.41) is 16.4. The summed E-state index contributed by atoms with van der Waals surface area (Å²) in [6.45, 7) is 1.94. The molecule has 0 fully saturated rings. The standard InChI is InChI=1S/C21H14N4O4/c1-12-17-18(13-7-9-15(10-8-13)25(27)28)19-16(11-29-21(19)26)22-20(17)24(23-12)14-5-3-2-4-6-14/h2-10H,11H2,1H3.